The van der Waals surface area contributed by atoms with Crippen LogP contribution in [0.25, 0.3) is 0 Å². The number of hydrogen-bond acceptors (Lipinski definition) is 0. The minimum atomic E-state index is -0.0891. The highest BCUT2D eigenvalue weighted by atomic mass is 35.7. The second-order valence-electron chi connectivity index (χ2n) is 12.4. The molecule has 1 atom stereocenters. The fourth-order valence-corrected chi connectivity index (χ4v) is 7.47. The first-order valence-electron chi connectivity index (χ1n) is 17.4. The second-order valence-corrected chi connectivity index (χ2v) is 13.9. The zero-order valence-corrected chi connectivity index (χ0v) is 28.1. The van der Waals surface area contributed by atoms with Gasteiger partial charge < -0.3 is 0 Å². The van der Waals surface area contributed by atoms with E-state index < -0.39 is 0 Å². The van der Waals surface area contributed by atoms with Crippen LogP contribution in [0.3, 0.4) is 0 Å². The van der Waals surface area contributed by atoms with Crippen LogP contribution in [0.5, 0.6) is 0 Å². The molecule has 0 bridgehead atoms. The fourth-order valence-electron chi connectivity index (χ4n) is 6.69. The maximum atomic E-state index is 5.77. The number of rotatable bonds is 25. The minimum Gasteiger partial charge on any atom is -0.100 e. The van der Waals surface area contributed by atoms with Gasteiger partial charge in [-0.25, -0.2) is 0 Å². The molecule has 3 aromatic carbocycles. The lowest BCUT2D eigenvalue weighted by Gasteiger charge is -2.36. The number of halogens is 1. The van der Waals surface area contributed by atoms with Gasteiger partial charge in [-0.3, -0.25) is 0 Å². The van der Waals surface area contributed by atoms with Gasteiger partial charge in [0.1, 0.15) is 0 Å². The quantitative estimate of drug-likeness (QED) is 0.0512. The van der Waals surface area contributed by atoms with Gasteiger partial charge in [0, 0.05) is 5.41 Å². The molecule has 0 aliphatic heterocycles. The van der Waals surface area contributed by atoms with E-state index in [-0.39, 0.29) is 5.41 Å². The SMILES string of the molecule is ClPCCCCCCCCCCCCCCCCCCCCCC(c1ccccc1)(c1ccccc1)c1ccccc1. The Morgan fingerprint density at radius 1 is 0.357 bits per heavy atom. The monoisotopic (exact) mass is 604 g/mol. The van der Waals surface area contributed by atoms with Crippen molar-refractivity contribution in [2.45, 2.75) is 134 Å². The highest BCUT2D eigenvalue weighted by molar-refractivity contribution is 7.68. The zero-order valence-electron chi connectivity index (χ0n) is 26.4. The van der Waals surface area contributed by atoms with Crippen molar-refractivity contribution in [3.8, 4) is 0 Å². The summed E-state index contributed by atoms with van der Waals surface area (Å²) in [6, 6.07) is 33.6. The lowest BCUT2D eigenvalue weighted by molar-refractivity contribution is 0.490. The topological polar surface area (TPSA) is 0 Å². The molecule has 2 heteroatoms. The van der Waals surface area contributed by atoms with Gasteiger partial charge in [-0.05, 0) is 43.6 Å². The lowest BCUT2D eigenvalue weighted by atomic mass is 9.66. The third-order valence-electron chi connectivity index (χ3n) is 9.12. The molecule has 0 saturated heterocycles. The van der Waals surface area contributed by atoms with Gasteiger partial charge >= 0.3 is 0 Å². The summed E-state index contributed by atoms with van der Waals surface area (Å²) in [5.74, 6) is 0. The minimum absolute atomic E-state index is 0.0891. The van der Waals surface area contributed by atoms with Gasteiger partial charge in [-0.2, -0.15) is 0 Å². The number of hydrogen-bond donors (Lipinski definition) is 0. The van der Waals surface area contributed by atoms with Crippen molar-refractivity contribution in [2.75, 3.05) is 6.16 Å². The molecule has 1 unspecified atom stereocenters. The molecule has 0 spiro atoms. The van der Waals surface area contributed by atoms with E-state index in [2.05, 4.69) is 91.0 Å². The van der Waals surface area contributed by atoms with Gasteiger partial charge in [0.15, 0.2) is 0 Å². The highest BCUT2D eigenvalue weighted by Gasteiger charge is 2.35. The summed E-state index contributed by atoms with van der Waals surface area (Å²) < 4.78 is 0. The molecule has 230 valence electrons. The van der Waals surface area contributed by atoms with Gasteiger partial charge in [0.25, 0.3) is 0 Å². The van der Waals surface area contributed by atoms with Crippen LogP contribution >= 0.6 is 19.2 Å². The van der Waals surface area contributed by atoms with Gasteiger partial charge in [0.2, 0.25) is 0 Å². The summed E-state index contributed by atoms with van der Waals surface area (Å²) in [7, 11) is 0.627. The van der Waals surface area contributed by atoms with Crippen molar-refractivity contribution in [1.29, 1.82) is 0 Å². The Labute approximate surface area is 266 Å². The predicted molar refractivity (Wildman–Crippen MR) is 191 cm³/mol. The van der Waals surface area contributed by atoms with E-state index in [4.69, 9.17) is 11.2 Å². The van der Waals surface area contributed by atoms with Crippen molar-refractivity contribution in [2.24, 2.45) is 0 Å². The second kappa shape index (κ2) is 22.9. The molecule has 0 aromatic heterocycles. The molecular weight excluding hydrogens is 547 g/mol. The third-order valence-corrected chi connectivity index (χ3v) is 10.2. The van der Waals surface area contributed by atoms with Crippen molar-refractivity contribution < 1.29 is 0 Å². The summed E-state index contributed by atoms with van der Waals surface area (Å²) in [5, 5.41) is 0. The Kier molecular flexibility index (Phi) is 19.0. The predicted octanol–water partition coefficient (Wildman–Crippen LogP) is 13.7. The van der Waals surface area contributed by atoms with E-state index in [0.29, 0.717) is 7.93 Å². The molecule has 0 amide bonds. The summed E-state index contributed by atoms with van der Waals surface area (Å²) >= 11 is 5.77. The van der Waals surface area contributed by atoms with E-state index in [1.54, 1.807) is 0 Å². The van der Waals surface area contributed by atoms with Crippen LogP contribution in [0.15, 0.2) is 91.0 Å². The number of unbranched alkanes of at least 4 members (excludes halogenated alkanes) is 18. The van der Waals surface area contributed by atoms with Crippen LogP contribution in [-0.2, 0) is 5.41 Å². The lowest BCUT2D eigenvalue weighted by Crippen LogP contribution is -2.29. The molecule has 0 aliphatic carbocycles. The van der Waals surface area contributed by atoms with E-state index >= 15 is 0 Å². The summed E-state index contributed by atoms with van der Waals surface area (Å²) in [6.45, 7) is 0. The summed E-state index contributed by atoms with van der Waals surface area (Å²) in [4.78, 5) is 0. The maximum absolute atomic E-state index is 5.77. The molecule has 42 heavy (non-hydrogen) atoms. The summed E-state index contributed by atoms with van der Waals surface area (Å²) in [5.41, 5.74) is 4.14. The molecule has 0 fully saturated rings. The molecule has 3 aromatic rings. The van der Waals surface area contributed by atoms with Crippen LogP contribution in [0, 0.1) is 0 Å². The smallest absolute Gasteiger partial charge is 0.0451 e. The molecule has 0 radical (unpaired) electrons. The molecule has 0 saturated carbocycles. The number of benzene rings is 3. The van der Waals surface area contributed by atoms with Crippen molar-refractivity contribution in [1.82, 2.24) is 0 Å². The average Bonchev–Trinajstić information content (AvgIpc) is 3.05. The van der Waals surface area contributed by atoms with Crippen molar-refractivity contribution in [3.63, 3.8) is 0 Å². The zero-order chi connectivity index (χ0) is 29.4. The molecule has 3 rings (SSSR count). The molecular formula is C40H58ClP. The Morgan fingerprint density at radius 3 is 0.905 bits per heavy atom. The Hall–Kier alpha value is -1.62. The van der Waals surface area contributed by atoms with Crippen LogP contribution in [-0.4, -0.2) is 6.16 Å². The average molecular weight is 605 g/mol. The standard InChI is InChI=1S/C40H58ClP/c41-42-36-28-17-15-13-11-9-7-5-3-1-2-4-6-8-10-12-14-16-27-35-40(37-29-21-18-22-30-37,38-31-23-19-24-32-38)39-33-25-20-26-34-39/h18-26,29-34,42H,1-17,27-28,35-36H2. The van der Waals surface area contributed by atoms with E-state index in [1.165, 1.54) is 145 Å². The Bertz CT molecular complexity index is 907. The molecule has 0 aliphatic rings. The Morgan fingerprint density at radius 2 is 0.619 bits per heavy atom. The molecule has 0 N–H and O–H groups in total. The van der Waals surface area contributed by atoms with Gasteiger partial charge in [-0.1, -0.05) is 207 Å². The van der Waals surface area contributed by atoms with Gasteiger partial charge in [-0.15, -0.1) is 11.2 Å². The third kappa shape index (κ3) is 12.9. The van der Waals surface area contributed by atoms with Crippen molar-refractivity contribution in [3.05, 3.63) is 108 Å². The first-order valence-corrected chi connectivity index (χ1v) is 19.6. The van der Waals surface area contributed by atoms with E-state index in [9.17, 15) is 0 Å². The van der Waals surface area contributed by atoms with Crippen molar-refractivity contribution >= 4 is 19.2 Å². The normalized spacial score (nSPS) is 11.9. The highest BCUT2D eigenvalue weighted by Crippen LogP contribution is 2.43. The van der Waals surface area contributed by atoms with E-state index in [0.717, 1.165) is 6.42 Å². The molecule has 0 nitrogen and oxygen atoms in total. The van der Waals surface area contributed by atoms with Crippen LogP contribution < -0.4 is 0 Å². The Balaban J connectivity index is 1.26. The van der Waals surface area contributed by atoms with Gasteiger partial charge in [0.05, 0.1) is 0 Å². The maximum Gasteiger partial charge on any atom is 0.0451 e. The molecule has 0 heterocycles. The first-order chi connectivity index (χ1) is 20.9. The van der Waals surface area contributed by atoms with E-state index in [1.807, 2.05) is 0 Å². The summed E-state index contributed by atoms with van der Waals surface area (Å²) in [6.07, 6.45) is 29.1. The van der Waals surface area contributed by atoms with Crippen LogP contribution in [0.4, 0.5) is 0 Å². The van der Waals surface area contributed by atoms with Crippen LogP contribution in [0.1, 0.15) is 145 Å². The van der Waals surface area contributed by atoms with Crippen LogP contribution in [0.2, 0.25) is 0 Å². The first kappa shape index (κ1) is 34.9. The fraction of sp³-hybridized carbons (Fsp3) is 0.550. The largest absolute Gasteiger partial charge is 0.100 e.